The van der Waals surface area contributed by atoms with Crippen LogP contribution in [0.15, 0.2) is 12.1 Å². The van der Waals surface area contributed by atoms with Crippen molar-refractivity contribution in [3.63, 3.8) is 0 Å². The molecule has 1 aromatic rings. The molecular formula is C13H17FN4O. The van der Waals surface area contributed by atoms with Crippen LogP contribution in [0.1, 0.15) is 32.6 Å². The zero-order valence-electron chi connectivity index (χ0n) is 11.0. The standard InChI is InChI=1S/C13H15FN4O.H2/c1-7(15)18-11-8(6-19)4-5-9(14)10(11)17-13(2,3)12(18)16;/h4-6,15-17H,1-3H3;1H. The van der Waals surface area contributed by atoms with E-state index in [4.69, 9.17) is 10.8 Å². The Kier molecular flexibility index (Phi) is 2.88. The molecule has 0 bridgehead atoms. The van der Waals surface area contributed by atoms with Gasteiger partial charge in [-0.3, -0.25) is 20.5 Å². The number of nitrogens with one attached hydrogen (secondary N) is 3. The first kappa shape index (κ1) is 13.2. The lowest BCUT2D eigenvalue weighted by molar-refractivity contribution is 0.112. The zero-order valence-corrected chi connectivity index (χ0v) is 11.0. The van der Waals surface area contributed by atoms with Crippen LogP contribution in [0.3, 0.4) is 0 Å². The number of halogens is 1. The Morgan fingerprint density at radius 1 is 1.53 bits per heavy atom. The Bertz CT molecular complexity index is 600. The quantitative estimate of drug-likeness (QED) is 0.414. The van der Waals surface area contributed by atoms with Crippen LogP contribution in [-0.2, 0) is 0 Å². The summed E-state index contributed by atoms with van der Waals surface area (Å²) in [4.78, 5) is 12.4. The lowest BCUT2D eigenvalue weighted by Gasteiger charge is -2.42. The van der Waals surface area contributed by atoms with Crippen LogP contribution in [-0.4, -0.2) is 23.5 Å². The van der Waals surface area contributed by atoms with E-state index in [1.165, 1.54) is 24.0 Å². The number of carbonyl (C=O) groups is 1. The number of anilines is 2. The summed E-state index contributed by atoms with van der Waals surface area (Å²) in [6.45, 7) is 4.95. The second-order valence-electron chi connectivity index (χ2n) is 5.00. The molecule has 0 spiro atoms. The van der Waals surface area contributed by atoms with Crippen molar-refractivity contribution in [2.75, 3.05) is 10.2 Å². The molecule has 6 heteroatoms. The molecule has 0 saturated carbocycles. The molecule has 0 radical (unpaired) electrons. The van der Waals surface area contributed by atoms with Gasteiger partial charge in [0.05, 0.1) is 16.9 Å². The molecule has 0 saturated heterocycles. The molecule has 19 heavy (non-hydrogen) atoms. The number of carbonyl (C=O) groups excluding carboxylic acids is 1. The molecule has 0 aliphatic carbocycles. The Labute approximate surface area is 111 Å². The number of fused-ring (bicyclic) bond motifs is 1. The summed E-state index contributed by atoms with van der Waals surface area (Å²) in [6.07, 6.45) is 0.599. The maximum absolute atomic E-state index is 13.9. The highest BCUT2D eigenvalue weighted by molar-refractivity contribution is 6.25. The maximum Gasteiger partial charge on any atom is 0.152 e. The number of amidine groups is 2. The van der Waals surface area contributed by atoms with Crippen LogP contribution in [0.2, 0.25) is 0 Å². The van der Waals surface area contributed by atoms with E-state index in [0.29, 0.717) is 6.29 Å². The molecule has 0 unspecified atom stereocenters. The molecule has 1 heterocycles. The minimum absolute atomic E-state index is 0. The monoisotopic (exact) mass is 264 g/mol. The molecule has 0 amide bonds. The van der Waals surface area contributed by atoms with Crippen molar-refractivity contribution >= 4 is 29.3 Å². The average molecular weight is 264 g/mol. The smallest absolute Gasteiger partial charge is 0.152 e. The topological polar surface area (TPSA) is 80.0 Å². The summed E-state index contributed by atoms with van der Waals surface area (Å²) in [6, 6.07) is 2.56. The van der Waals surface area contributed by atoms with Crippen LogP contribution < -0.4 is 10.2 Å². The molecule has 0 atom stereocenters. The van der Waals surface area contributed by atoms with Crippen LogP contribution in [0.4, 0.5) is 15.8 Å². The van der Waals surface area contributed by atoms with Crippen molar-refractivity contribution < 1.29 is 10.6 Å². The zero-order chi connectivity index (χ0) is 14.4. The van der Waals surface area contributed by atoms with Crippen LogP contribution >= 0.6 is 0 Å². The number of aldehydes is 1. The number of nitrogens with zero attached hydrogens (tertiary/aromatic N) is 1. The van der Waals surface area contributed by atoms with E-state index in [0.717, 1.165) is 0 Å². The van der Waals surface area contributed by atoms with Gasteiger partial charge in [0.15, 0.2) is 6.29 Å². The number of benzene rings is 1. The van der Waals surface area contributed by atoms with Gasteiger partial charge in [-0.15, -0.1) is 0 Å². The summed E-state index contributed by atoms with van der Waals surface area (Å²) in [5.41, 5.74) is -0.197. The predicted octanol–water partition coefficient (Wildman–Crippen LogP) is 2.87. The van der Waals surface area contributed by atoms with E-state index in [1.54, 1.807) is 13.8 Å². The van der Waals surface area contributed by atoms with Gasteiger partial charge < -0.3 is 5.32 Å². The van der Waals surface area contributed by atoms with Crippen molar-refractivity contribution in [3.8, 4) is 0 Å². The Balaban J connectivity index is 0.00000200. The van der Waals surface area contributed by atoms with Gasteiger partial charge in [-0.2, -0.15) is 0 Å². The summed E-state index contributed by atoms with van der Waals surface area (Å²) in [5.74, 6) is -0.344. The molecule has 1 aliphatic heterocycles. The van der Waals surface area contributed by atoms with Gasteiger partial charge >= 0.3 is 0 Å². The molecule has 1 aliphatic rings. The van der Waals surface area contributed by atoms with Gasteiger partial charge in [0.2, 0.25) is 0 Å². The van der Waals surface area contributed by atoms with Crippen molar-refractivity contribution in [2.45, 2.75) is 26.3 Å². The van der Waals surface area contributed by atoms with E-state index in [-0.39, 0.29) is 30.0 Å². The molecule has 0 fully saturated rings. The van der Waals surface area contributed by atoms with Gasteiger partial charge in [-0.1, -0.05) is 0 Å². The third kappa shape index (κ3) is 1.89. The Morgan fingerprint density at radius 2 is 2.16 bits per heavy atom. The summed E-state index contributed by atoms with van der Waals surface area (Å²) < 4.78 is 13.9. The minimum atomic E-state index is -0.822. The van der Waals surface area contributed by atoms with Crippen LogP contribution in [0.5, 0.6) is 0 Å². The first-order valence-corrected chi connectivity index (χ1v) is 5.79. The van der Waals surface area contributed by atoms with E-state index in [9.17, 15) is 9.18 Å². The van der Waals surface area contributed by atoms with Crippen molar-refractivity contribution in [3.05, 3.63) is 23.5 Å². The van der Waals surface area contributed by atoms with Crippen LogP contribution in [0.25, 0.3) is 0 Å². The number of hydrogen-bond donors (Lipinski definition) is 3. The summed E-state index contributed by atoms with van der Waals surface area (Å²) in [7, 11) is 0. The van der Waals surface area contributed by atoms with Crippen molar-refractivity contribution in [2.24, 2.45) is 0 Å². The van der Waals surface area contributed by atoms with Gasteiger partial charge in [0.25, 0.3) is 0 Å². The summed E-state index contributed by atoms with van der Waals surface area (Å²) in [5, 5.41) is 18.8. The molecule has 0 aromatic heterocycles. The van der Waals surface area contributed by atoms with E-state index in [1.807, 2.05) is 0 Å². The first-order chi connectivity index (χ1) is 8.79. The second kappa shape index (κ2) is 4.15. The third-order valence-electron chi connectivity index (χ3n) is 3.10. The van der Waals surface area contributed by atoms with Gasteiger partial charge in [-0.05, 0) is 32.9 Å². The SMILES string of the molecule is CC(=N)N1C(=N)C(C)(C)Nc2c(F)ccc(C=O)c21.[HH]. The third-order valence-corrected chi connectivity index (χ3v) is 3.10. The molecular weight excluding hydrogens is 247 g/mol. The lowest BCUT2D eigenvalue weighted by Crippen LogP contribution is -2.55. The maximum atomic E-state index is 13.9. The fourth-order valence-corrected chi connectivity index (χ4v) is 2.14. The van der Waals surface area contributed by atoms with Crippen LogP contribution in [0, 0.1) is 16.6 Å². The Hall–Kier alpha value is -2.24. The van der Waals surface area contributed by atoms with Crippen molar-refractivity contribution in [1.29, 1.82) is 10.8 Å². The van der Waals surface area contributed by atoms with Gasteiger partial charge in [0.1, 0.15) is 17.5 Å². The van der Waals surface area contributed by atoms with Gasteiger partial charge in [-0.25, -0.2) is 4.39 Å². The molecule has 102 valence electrons. The average Bonchev–Trinajstić information content (AvgIpc) is 2.32. The van der Waals surface area contributed by atoms with E-state index >= 15 is 0 Å². The Morgan fingerprint density at radius 3 is 2.68 bits per heavy atom. The normalized spacial score (nSPS) is 16.6. The minimum Gasteiger partial charge on any atom is -0.369 e. The van der Waals surface area contributed by atoms with E-state index in [2.05, 4.69) is 5.32 Å². The predicted molar refractivity (Wildman–Crippen MR) is 75.2 cm³/mol. The highest BCUT2D eigenvalue weighted by Crippen LogP contribution is 2.39. The molecule has 1 aromatic carbocycles. The van der Waals surface area contributed by atoms with Gasteiger partial charge in [0, 0.05) is 6.99 Å². The fourth-order valence-electron chi connectivity index (χ4n) is 2.14. The summed E-state index contributed by atoms with van der Waals surface area (Å²) >= 11 is 0. The largest absolute Gasteiger partial charge is 0.369 e. The molecule has 2 rings (SSSR count). The second-order valence-corrected chi connectivity index (χ2v) is 5.00. The number of rotatable bonds is 1. The highest BCUT2D eigenvalue weighted by Gasteiger charge is 2.39. The molecule has 3 N–H and O–H groups in total. The van der Waals surface area contributed by atoms with E-state index < -0.39 is 11.4 Å². The number of hydrogen-bond acceptors (Lipinski definition) is 4. The highest BCUT2D eigenvalue weighted by atomic mass is 19.1. The lowest BCUT2D eigenvalue weighted by atomic mass is 9.95. The first-order valence-electron chi connectivity index (χ1n) is 5.79. The van der Waals surface area contributed by atoms with Crippen molar-refractivity contribution in [1.82, 2.24) is 0 Å². The fraction of sp³-hybridized carbons (Fsp3) is 0.308. The molecule has 5 nitrogen and oxygen atoms in total.